The predicted molar refractivity (Wildman–Crippen MR) is 55.9 cm³/mol. The van der Waals surface area contributed by atoms with E-state index in [-0.39, 0.29) is 0 Å². The van der Waals surface area contributed by atoms with Gasteiger partial charge in [-0.1, -0.05) is 48.5 Å². The SMILES string of the molecule is C1COO1.c1ccc2ccccc2c1. The van der Waals surface area contributed by atoms with E-state index < -0.39 is 0 Å². The second-order valence-electron chi connectivity index (χ2n) is 2.99. The van der Waals surface area contributed by atoms with Gasteiger partial charge in [-0.15, -0.1) is 0 Å². The van der Waals surface area contributed by atoms with Gasteiger partial charge >= 0.3 is 0 Å². The fraction of sp³-hybridized carbons (Fsp3) is 0.167. The van der Waals surface area contributed by atoms with Crippen molar-refractivity contribution in [3.05, 3.63) is 48.5 Å². The molecule has 1 heterocycles. The highest BCUT2D eigenvalue weighted by atomic mass is 17.2. The van der Waals surface area contributed by atoms with Gasteiger partial charge in [0.15, 0.2) is 0 Å². The molecule has 0 amide bonds. The lowest BCUT2D eigenvalue weighted by Gasteiger charge is -2.08. The Morgan fingerprint density at radius 1 is 0.643 bits per heavy atom. The van der Waals surface area contributed by atoms with Crippen LogP contribution < -0.4 is 0 Å². The summed E-state index contributed by atoms with van der Waals surface area (Å²) in [4.78, 5) is 8.44. The Kier molecular flexibility index (Phi) is 3.11. The number of hydrogen-bond acceptors (Lipinski definition) is 2. The Morgan fingerprint density at radius 2 is 0.929 bits per heavy atom. The molecule has 0 radical (unpaired) electrons. The summed E-state index contributed by atoms with van der Waals surface area (Å²) in [6.45, 7) is 1.56. The van der Waals surface area contributed by atoms with Crippen LogP contribution in [0.15, 0.2) is 48.5 Å². The first-order valence-electron chi connectivity index (χ1n) is 4.65. The van der Waals surface area contributed by atoms with Crippen molar-refractivity contribution in [2.75, 3.05) is 13.2 Å². The van der Waals surface area contributed by atoms with Crippen molar-refractivity contribution in [3.8, 4) is 0 Å². The van der Waals surface area contributed by atoms with Gasteiger partial charge in [-0.2, -0.15) is 0 Å². The number of fused-ring (bicyclic) bond motifs is 1. The number of benzene rings is 2. The van der Waals surface area contributed by atoms with Gasteiger partial charge in [-0.3, -0.25) is 0 Å². The molecule has 0 saturated carbocycles. The highest BCUT2D eigenvalue weighted by Crippen LogP contribution is 2.11. The van der Waals surface area contributed by atoms with E-state index in [2.05, 4.69) is 58.3 Å². The third-order valence-electron chi connectivity index (χ3n) is 1.99. The van der Waals surface area contributed by atoms with Crippen molar-refractivity contribution in [3.63, 3.8) is 0 Å². The van der Waals surface area contributed by atoms with Crippen LogP contribution in [0.4, 0.5) is 0 Å². The zero-order valence-electron chi connectivity index (χ0n) is 7.85. The number of hydrogen-bond donors (Lipinski definition) is 0. The molecule has 14 heavy (non-hydrogen) atoms. The Labute approximate surface area is 83.0 Å². The lowest BCUT2D eigenvalue weighted by atomic mass is 10.1. The van der Waals surface area contributed by atoms with E-state index >= 15 is 0 Å². The average molecular weight is 188 g/mol. The van der Waals surface area contributed by atoms with E-state index in [4.69, 9.17) is 0 Å². The van der Waals surface area contributed by atoms with Gasteiger partial charge in [0.05, 0.1) is 0 Å². The van der Waals surface area contributed by atoms with Gasteiger partial charge in [-0.25, -0.2) is 9.78 Å². The molecule has 1 saturated heterocycles. The van der Waals surface area contributed by atoms with E-state index in [0.717, 1.165) is 13.2 Å². The average Bonchev–Trinajstić information content (AvgIpc) is 2.16. The molecule has 2 heteroatoms. The van der Waals surface area contributed by atoms with E-state index in [9.17, 15) is 0 Å². The predicted octanol–water partition coefficient (Wildman–Crippen LogP) is 2.79. The minimum absolute atomic E-state index is 0.778. The zero-order chi connectivity index (χ0) is 9.64. The Balaban J connectivity index is 0.000000157. The molecule has 0 N–H and O–H groups in total. The Bertz CT molecular complexity index is 325. The van der Waals surface area contributed by atoms with Crippen molar-refractivity contribution in [2.24, 2.45) is 0 Å². The van der Waals surface area contributed by atoms with Crippen LogP contribution in [-0.4, -0.2) is 13.2 Å². The summed E-state index contributed by atoms with van der Waals surface area (Å²) < 4.78 is 0. The molecule has 1 aliphatic heterocycles. The molecule has 2 aromatic rings. The van der Waals surface area contributed by atoms with Gasteiger partial charge in [0.25, 0.3) is 0 Å². The molecule has 3 rings (SSSR count). The summed E-state index contributed by atoms with van der Waals surface area (Å²) >= 11 is 0. The monoisotopic (exact) mass is 188 g/mol. The van der Waals surface area contributed by atoms with Gasteiger partial charge in [0.1, 0.15) is 13.2 Å². The third kappa shape index (κ3) is 2.31. The smallest absolute Gasteiger partial charge is 0.109 e. The molecule has 0 aliphatic carbocycles. The van der Waals surface area contributed by atoms with Crippen LogP contribution in [0.1, 0.15) is 0 Å². The van der Waals surface area contributed by atoms with Crippen LogP contribution in [0.5, 0.6) is 0 Å². The van der Waals surface area contributed by atoms with Crippen LogP contribution in [0.25, 0.3) is 10.8 Å². The second-order valence-corrected chi connectivity index (χ2v) is 2.99. The molecule has 2 nitrogen and oxygen atoms in total. The summed E-state index contributed by atoms with van der Waals surface area (Å²) in [5, 5.41) is 2.62. The largest absolute Gasteiger partial charge is 0.234 e. The molecule has 72 valence electrons. The van der Waals surface area contributed by atoms with E-state index in [1.807, 2.05) is 0 Å². The molecular weight excluding hydrogens is 176 g/mol. The summed E-state index contributed by atoms with van der Waals surface area (Å²) in [5.41, 5.74) is 0. The number of rotatable bonds is 0. The van der Waals surface area contributed by atoms with E-state index in [1.54, 1.807) is 0 Å². The van der Waals surface area contributed by atoms with E-state index in [1.165, 1.54) is 10.8 Å². The van der Waals surface area contributed by atoms with E-state index in [0.29, 0.717) is 0 Å². The van der Waals surface area contributed by atoms with Crippen LogP contribution in [0.2, 0.25) is 0 Å². The summed E-state index contributed by atoms with van der Waals surface area (Å²) in [6.07, 6.45) is 0. The molecule has 0 unspecified atom stereocenters. The first-order chi connectivity index (χ1) is 6.97. The van der Waals surface area contributed by atoms with Gasteiger partial charge in [-0.05, 0) is 10.8 Å². The van der Waals surface area contributed by atoms with Crippen molar-refractivity contribution in [1.29, 1.82) is 0 Å². The highest BCUT2D eigenvalue weighted by Gasteiger charge is 1.95. The minimum atomic E-state index is 0.778. The molecule has 0 atom stereocenters. The quantitative estimate of drug-likeness (QED) is 0.592. The van der Waals surface area contributed by atoms with Crippen molar-refractivity contribution >= 4 is 10.8 Å². The fourth-order valence-electron chi connectivity index (χ4n) is 1.22. The topological polar surface area (TPSA) is 18.5 Å². The standard InChI is InChI=1S/C10H8.C2H4O2/c1-2-6-10-8-4-3-7-9(10)5-1;1-2-4-3-1/h1-8H;1-2H2. The van der Waals surface area contributed by atoms with Crippen LogP contribution in [0, 0.1) is 0 Å². The summed E-state index contributed by atoms with van der Waals surface area (Å²) in [5.74, 6) is 0. The lowest BCUT2D eigenvalue weighted by Crippen LogP contribution is -2.14. The summed E-state index contributed by atoms with van der Waals surface area (Å²) in [7, 11) is 0. The van der Waals surface area contributed by atoms with Crippen molar-refractivity contribution in [1.82, 2.24) is 0 Å². The fourth-order valence-corrected chi connectivity index (χ4v) is 1.22. The van der Waals surface area contributed by atoms with Crippen LogP contribution >= 0.6 is 0 Å². The third-order valence-corrected chi connectivity index (χ3v) is 1.99. The lowest BCUT2D eigenvalue weighted by molar-refractivity contribution is -0.382. The molecule has 1 fully saturated rings. The highest BCUT2D eigenvalue weighted by molar-refractivity contribution is 5.81. The molecule has 0 aromatic heterocycles. The van der Waals surface area contributed by atoms with Crippen molar-refractivity contribution < 1.29 is 9.78 Å². The molecule has 0 bridgehead atoms. The van der Waals surface area contributed by atoms with Gasteiger partial charge < -0.3 is 0 Å². The maximum absolute atomic E-state index is 4.22. The molecule has 2 aromatic carbocycles. The van der Waals surface area contributed by atoms with Gasteiger partial charge in [0.2, 0.25) is 0 Å². The maximum atomic E-state index is 4.22. The molecule has 1 aliphatic rings. The van der Waals surface area contributed by atoms with Crippen LogP contribution in [-0.2, 0) is 9.78 Å². The van der Waals surface area contributed by atoms with Gasteiger partial charge in [0, 0.05) is 0 Å². The first kappa shape index (κ1) is 9.19. The molecule has 0 spiro atoms. The Morgan fingerprint density at radius 3 is 1.14 bits per heavy atom. The Hall–Kier alpha value is -1.38. The zero-order valence-corrected chi connectivity index (χ0v) is 7.85. The maximum Gasteiger partial charge on any atom is 0.109 e. The van der Waals surface area contributed by atoms with Crippen LogP contribution in [0.3, 0.4) is 0 Å². The second kappa shape index (κ2) is 4.74. The molecular formula is C12H12O2. The van der Waals surface area contributed by atoms with Crippen molar-refractivity contribution in [2.45, 2.75) is 0 Å². The summed E-state index contributed by atoms with van der Waals surface area (Å²) in [6, 6.07) is 16.7. The minimum Gasteiger partial charge on any atom is -0.234 e. The normalized spacial score (nSPS) is 14.0. The first-order valence-corrected chi connectivity index (χ1v) is 4.65.